The third kappa shape index (κ3) is 5.43. The Morgan fingerprint density at radius 3 is 2.54 bits per heavy atom. The van der Waals surface area contributed by atoms with Crippen molar-refractivity contribution >= 4 is 27.3 Å². The van der Waals surface area contributed by atoms with Gasteiger partial charge in [-0.25, -0.2) is 17.7 Å². The number of sulfonamides is 1. The van der Waals surface area contributed by atoms with Crippen molar-refractivity contribution < 1.29 is 22.7 Å². The van der Waals surface area contributed by atoms with Gasteiger partial charge < -0.3 is 14.8 Å². The van der Waals surface area contributed by atoms with Crippen LogP contribution in [-0.4, -0.2) is 64.2 Å². The second kappa shape index (κ2) is 9.35. The van der Waals surface area contributed by atoms with Gasteiger partial charge in [0, 0.05) is 25.7 Å². The average Bonchev–Trinajstić information content (AvgIpc) is 3.05. The molecule has 1 N–H and O–H groups in total. The standard InChI is InChI=1S/C18H25N3O5S2/c1-12-16(17(22)19-9-6-10-21(2)28(5,23)24)27-18(20-12)13-7-8-14(25-3)15(11-13)26-4/h7-8,11H,6,9-10H2,1-5H3,(H,19,22). The minimum atomic E-state index is -3.21. The number of amides is 1. The van der Waals surface area contributed by atoms with E-state index in [1.165, 1.54) is 22.7 Å². The smallest absolute Gasteiger partial charge is 0.263 e. The van der Waals surface area contributed by atoms with Crippen LogP contribution in [0.25, 0.3) is 10.6 Å². The number of thiazole rings is 1. The van der Waals surface area contributed by atoms with E-state index in [0.29, 0.717) is 46.6 Å². The largest absolute Gasteiger partial charge is 0.493 e. The van der Waals surface area contributed by atoms with Gasteiger partial charge in [0.15, 0.2) is 11.5 Å². The van der Waals surface area contributed by atoms with Crippen molar-refractivity contribution in [3.8, 4) is 22.1 Å². The molecule has 1 aromatic carbocycles. The minimum Gasteiger partial charge on any atom is -0.493 e. The normalized spacial score (nSPS) is 11.5. The fourth-order valence-electron chi connectivity index (χ4n) is 2.45. The molecule has 10 heteroatoms. The van der Waals surface area contributed by atoms with Gasteiger partial charge in [0.2, 0.25) is 10.0 Å². The molecule has 0 saturated heterocycles. The summed E-state index contributed by atoms with van der Waals surface area (Å²) in [4.78, 5) is 17.5. The van der Waals surface area contributed by atoms with Crippen LogP contribution in [0.15, 0.2) is 18.2 Å². The zero-order valence-corrected chi connectivity index (χ0v) is 18.2. The first-order valence-corrected chi connectivity index (χ1v) is 11.2. The summed E-state index contributed by atoms with van der Waals surface area (Å²) in [6.45, 7) is 2.51. The third-order valence-corrected chi connectivity index (χ3v) is 6.65. The highest BCUT2D eigenvalue weighted by Crippen LogP contribution is 2.34. The van der Waals surface area contributed by atoms with Gasteiger partial charge >= 0.3 is 0 Å². The maximum absolute atomic E-state index is 12.5. The molecule has 1 amide bonds. The second-order valence-corrected chi connectivity index (χ2v) is 9.29. The molecule has 0 bridgehead atoms. The lowest BCUT2D eigenvalue weighted by Gasteiger charge is -2.13. The van der Waals surface area contributed by atoms with E-state index in [-0.39, 0.29) is 5.91 Å². The van der Waals surface area contributed by atoms with E-state index in [1.807, 2.05) is 12.1 Å². The van der Waals surface area contributed by atoms with Gasteiger partial charge in [0.25, 0.3) is 5.91 Å². The summed E-state index contributed by atoms with van der Waals surface area (Å²) in [5.41, 5.74) is 1.47. The predicted molar refractivity (Wildman–Crippen MR) is 110 cm³/mol. The van der Waals surface area contributed by atoms with Crippen LogP contribution < -0.4 is 14.8 Å². The molecule has 28 heavy (non-hydrogen) atoms. The number of aryl methyl sites for hydroxylation is 1. The highest BCUT2D eigenvalue weighted by molar-refractivity contribution is 7.88. The molecule has 0 spiro atoms. The molecule has 0 saturated carbocycles. The lowest BCUT2D eigenvalue weighted by molar-refractivity contribution is 0.0956. The van der Waals surface area contributed by atoms with Gasteiger partial charge in [-0.2, -0.15) is 0 Å². The third-order valence-electron chi connectivity index (χ3n) is 4.13. The first-order valence-electron chi connectivity index (χ1n) is 8.56. The Morgan fingerprint density at radius 2 is 1.93 bits per heavy atom. The first-order chi connectivity index (χ1) is 13.2. The van der Waals surface area contributed by atoms with Crippen LogP contribution in [0.3, 0.4) is 0 Å². The summed E-state index contributed by atoms with van der Waals surface area (Å²) in [7, 11) is 1.44. The zero-order chi connectivity index (χ0) is 20.9. The monoisotopic (exact) mass is 427 g/mol. The number of methoxy groups -OCH3 is 2. The van der Waals surface area contributed by atoms with E-state index < -0.39 is 10.0 Å². The van der Waals surface area contributed by atoms with E-state index in [9.17, 15) is 13.2 Å². The number of rotatable bonds is 9. The Hall–Kier alpha value is -2.17. The van der Waals surface area contributed by atoms with Crippen molar-refractivity contribution in [2.75, 3.05) is 40.6 Å². The molecule has 0 aliphatic rings. The summed E-state index contributed by atoms with van der Waals surface area (Å²) in [6, 6.07) is 5.48. The fraction of sp³-hybridized carbons (Fsp3) is 0.444. The molecule has 0 atom stereocenters. The van der Waals surface area contributed by atoms with Gasteiger partial charge in [-0.15, -0.1) is 11.3 Å². The van der Waals surface area contributed by atoms with Gasteiger partial charge in [-0.3, -0.25) is 4.79 Å². The van der Waals surface area contributed by atoms with E-state index in [2.05, 4.69) is 10.3 Å². The molecule has 0 fully saturated rings. The van der Waals surface area contributed by atoms with Crippen molar-refractivity contribution in [2.45, 2.75) is 13.3 Å². The minimum absolute atomic E-state index is 0.219. The number of nitrogens with one attached hydrogen (secondary N) is 1. The van der Waals surface area contributed by atoms with E-state index in [0.717, 1.165) is 11.8 Å². The molecule has 0 unspecified atom stereocenters. The van der Waals surface area contributed by atoms with Gasteiger partial charge in [0.1, 0.15) is 9.88 Å². The predicted octanol–water partition coefficient (Wildman–Crippen LogP) is 2.15. The molecular weight excluding hydrogens is 402 g/mol. The average molecular weight is 428 g/mol. The second-order valence-electron chi connectivity index (χ2n) is 6.20. The summed E-state index contributed by atoms with van der Waals surface area (Å²) < 4.78 is 34.5. The van der Waals surface area contributed by atoms with Crippen molar-refractivity contribution in [3.05, 3.63) is 28.8 Å². The number of aromatic nitrogens is 1. The molecule has 1 heterocycles. The van der Waals surface area contributed by atoms with Gasteiger partial charge in [-0.05, 0) is 31.5 Å². The number of carbonyl (C=O) groups excluding carboxylic acids is 1. The van der Waals surface area contributed by atoms with E-state index in [4.69, 9.17) is 9.47 Å². The number of carbonyl (C=O) groups is 1. The van der Waals surface area contributed by atoms with Crippen molar-refractivity contribution in [1.29, 1.82) is 0 Å². The molecule has 1 aromatic heterocycles. The summed E-state index contributed by atoms with van der Waals surface area (Å²) >= 11 is 1.30. The fourth-order valence-corrected chi connectivity index (χ4v) is 3.89. The van der Waals surface area contributed by atoms with Crippen molar-refractivity contribution in [3.63, 3.8) is 0 Å². The Bertz CT molecular complexity index is 941. The van der Waals surface area contributed by atoms with Crippen LogP contribution in [0.5, 0.6) is 11.5 Å². The summed E-state index contributed by atoms with van der Waals surface area (Å²) in [6.07, 6.45) is 1.68. The first kappa shape index (κ1) is 22.1. The Morgan fingerprint density at radius 1 is 1.25 bits per heavy atom. The maximum Gasteiger partial charge on any atom is 0.263 e. The molecule has 0 radical (unpaired) electrons. The number of ether oxygens (including phenoxy) is 2. The van der Waals surface area contributed by atoms with Crippen molar-refractivity contribution in [1.82, 2.24) is 14.6 Å². The number of hydrogen-bond donors (Lipinski definition) is 1. The summed E-state index contributed by atoms with van der Waals surface area (Å²) in [5, 5.41) is 3.53. The topological polar surface area (TPSA) is 97.8 Å². The van der Waals surface area contributed by atoms with Crippen molar-refractivity contribution in [2.24, 2.45) is 0 Å². The molecule has 2 aromatic rings. The zero-order valence-electron chi connectivity index (χ0n) is 16.6. The Kier molecular flexibility index (Phi) is 7.39. The van der Waals surface area contributed by atoms with Gasteiger partial charge in [-0.1, -0.05) is 0 Å². The molecule has 2 rings (SSSR count). The molecule has 8 nitrogen and oxygen atoms in total. The van der Waals surface area contributed by atoms with E-state index >= 15 is 0 Å². The van der Waals surface area contributed by atoms with Crippen LogP contribution in [0, 0.1) is 6.92 Å². The number of nitrogens with zero attached hydrogens (tertiary/aromatic N) is 2. The highest BCUT2D eigenvalue weighted by atomic mass is 32.2. The molecule has 0 aliphatic carbocycles. The van der Waals surface area contributed by atoms with Crippen LogP contribution >= 0.6 is 11.3 Å². The molecule has 0 aliphatic heterocycles. The highest BCUT2D eigenvalue weighted by Gasteiger charge is 2.17. The van der Waals surface area contributed by atoms with Crippen LogP contribution in [0.4, 0.5) is 0 Å². The Balaban J connectivity index is 2.04. The van der Waals surface area contributed by atoms with E-state index in [1.54, 1.807) is 27.2 Å². The van der Waals surface area contributed by atoms with Crippen LogP contribution in [0.2, 0.25) is 0 Å². The maximum atomic E-state index is 12.5. The lowest BCUT2D eigenvalue weighted by atomic mass is 10.2. The summed E-state index contributed by atoms with van der Waals surface area (Å²) in [5.74, 6) is 0.995. The number of benzene rings is 1. The van der Waals surface area contributed by atoms with Gasteiger partial charge in [0.05, 0.1) is 26.2 Å². The van der Waals surface area contributed by atoms with Crippen LogP contribution in [-0.2, 0) is 10.0 Å². The SMILES string of the molecule is COc1ccc(-c2nc(C)c(C(=O)NCCCN(C)S(C)(=O)=O)s2)cc1OC. The number of hydrogen-bond acceptors (Lipinski definition) is 7. The van der Waals surface area contributed by atoms with Crippen LogP contribution in [0.1, 0.15) is 21.8 Å². The molecule has 154 valence electrons. The Labute approximate surface area is 169 Å². The lowest BCUT2D eigenvalue weighted by Crippen LogP contribution is -2.30. The molecular formula is C18H25N3O5S2. The quantitative estimate of drug-likeness (QED) is 0.616.